The van der Waals surface area contributed by atoms with Gasteiger partial charge < -0.3 is 10.3 Å². The van der Waals surface area contributed by atoms with E-state index in [-0.39, 0.29) is 28.8 Å². The lowest BCUT2D eigenvalue weighted by Crippen LogP contribution is -2.36. The smallest absolute Gasteiger partial charge is 0.251 e. The van der Waals surface area contributed by atoms with Crippen molar-refractivity contribution >= 4 is 21.6 Å². The second-order valence-electron chi connectivity index (χ2n) is 8.96. The second-order valence-corrected chi connectivity index (χ2v) is 10.7. The van der Waals surface area contributed by atoms with Gasteiger partial charge in [-0.2, -0.15) is 0 Å². The molecule has 1 aliphatic rings. The van der Waals surface area contributed by atoms with Gasteiger partial charge in [-0.1, -0.05) is 43.5 Å². The SMILES string of the molecule is Cc1cc(=O)[nH]c(-c2cccc(NC(=O)CCc3ccc(S(=O)(=O)NC4CCCCC4)cc3)c2)n1. The molecule has 184 valence electrons. The fourth-order valence-corrected chi connectivity index (χ4v) is 5.59. The molecule has 1 amide bonds. The third kappa shape index (κ3) is 6.86. The van der Waals surface area contributed by atoms with E-state index >= 15 is 0 Å². The molecule has 35 heavy (non-hydrogen) atoms. The zero-order chi connectivity index (χ0) is 24.8. The number of carbonyl (C=O) groups is 1. The van der Waals surface area contributed by atoms with Crippen LogP contribution in [0.5, 0.6) is 0 Å². The molecule has 4 rings (SSSR count). The predicted molar refractivity (Wildman–Crippen MR) is 136 cm³/mol. The van der Waals surface area contributed by atoms with Crippen molar-refractivity contribution in [2.75, 3.05) is 5.32 Å². The number of nitrogens with one attached hydrogen (secondary N) is 3. The Morgan fingerprint density at radius 3 is 2.51 bits per heavy atom. The van der Waals surface area contributed by atoms with E-state index in [0.717, 1.165) is 37.7 Å². The zero-order valence-corrected chi connectivity index (χ0v) is 20.5. The number of benzene rings is 2. The average Bonchev–Trinajstić information content (AvgIpc) is 2.83. The lowest BCUT2D eigenvalue weighted by atomic mass is 9.96. The standard InChI is InChI=1S/C26H30N4O4S/c1-18-16-25(32)29-26(27-18)20-6-5-9-22(17-20)28-24(31)15-12-19-10-13-23(14-11-19)35(33,34)30-21-7-3-2-4-8-21/h5-6,9-11,13-14,16-17,21,30H,2-4,7-8,12,15H2,1H3,(H,28,31)(H,27,29,32). The van der Waals surface area contributed by atoms with E-state index < -0.39 is 10.0 Å². The van der Waals surface area contributed by atoms with Gasteiger partial charge in [0.2, 0.25) is 15.9 Å². The molecule has 0 aliphatic heterocycles. The number of sulfonamides is 1. The highest BCUT2D eigenvalue weighted by molar-refractivity contribution is 7.89. The summed E-state index contributed by atoms with van der Waals surface area (Å²) in [5.74, 6) is 0.280. The van der Waals surface area contributed by atoms with E-state index in [9.17, 15) is 18.0 Å². The molecule has 1 aliphatic carbocycles. The highest BCUT2D eigenvalue weighted by Crippen LogP contribution is 2.21. The van der Waals surface area contributed by atoms with Crippen molar-refractivity contribution in [3.8, 4) is 11.4 Å². The maximum Gasteiger partial charge on any atom is 0.251 e. The van der Waals surface area contributed by atoms with E-state index in [1.807, 2.05) is 6.07 Å². The van der Waals surface area contributed by atoms with Gasteiger partial charge >= 0.3 is 0 Å². The summed E-state index contributed by atoms with van der Waals surface area (Å²) in [6.07, 6.45) is 5.77. The van der Waals surface area contributed by atoms with Crippen LogP contribution in [-0.4, -0.2) is 30.3 Å². The van der Waals surface area contributed by atoms with Crippen molar-refractivity contribution in [1.82, 2.24) is 14.7 Å². The van der Waals surface area contributed by atoms with Gasteiger partial charge in [-0.3, -0.25) is 9.59 Å². The van der Waals surface area contributed by atoms with Crippen molar-refractivity contribution < 1.29 is 13.2 Å². The normalized spacial score (nSPS) is 14.5. The number of anilines is 1. The zero-order valence-electron chi connectivity index (χ0n) is 19.7. The third-order valence-electron chi connectivity index (χ3n) is 6.09. The largest absolute Gasteiger partial charge is 0.326 e. The van der Waals surface area contributed by atoms with Gasteiger partial charge in [0.1, 0.15) is 5.82 Å². The summed E-state index contributed by atoms with van der Waals surface area (Å²) < 4.78 is 28.1. The van der Waals surface area contributed by atoms with Gasteiger partial charge in [-0.25, -0.2) is 18.1 Å². The van der Waals surface area contributed by atoms with E-state index in [1.165, 1.54) is 6.07 Å². The minimum absolute atomic E-state index is 0.0116. The minimum atomic E-state index is -3.54. The molecule has 0 unspecified atom stereocenters. The first-order valence-electron chi connectivity index (χ1n) is 11.9. The van der Waals surface area contributed by atoms with Crippen LogP contribution in [0.2, 0.25) is 0 Å². The molecule has 0 bridgehead atoms. The minimum Gasteiger partial charge on any atom is -0.326 e. The Morgan fingerprint density at radius 2 is 1.80 bits per heavy atom. The molecule has 1 heterocycles. The molecule has 2 aromatic carbocycles. The summed E-state index contributed by atoms with van der Waals surface area (Å²) in [5.41, 5.74) is 2.56. The number of aryl methyl sites for hydroxylation is 2. The van der Waals surface area contributed by atoms with Crippen molar-refractivity contribution in [3.05, 3.63) is 76.2 Å². The van der Waals surface area contributed by atoms with Crippen LogP contribution in [-0.2, 0) is 21.2 Å². The van der Waals surface area contributed by atoms with Gasteiger partial charge in [0.25, 0.3) is 5.56 Å². The second kappa shape index (κ2) is 11.0. The number of carbonyl (C=O) groups excluding carboxylic acids is 1. The van der Waals surface area contributed by atoms with Crippen LogP contribution in [0.1, 0.15) is 49.8 Å². The number of amides is 1. The lowest BCUT2D eigenvalue weighted by Gasteiger charge is -2.22. The van der Waals surface area contributed by atoms with Crippen LogP contribution in [0.3, 0.4) is 0 Å². The van der Waals surface area contributed by atoms with E-state index in [1.54, 1.807) is 49.4 Å². The molecule has 3 aromatic rings. The molecule has 1 fully saturated rings. The Labute approximate surface area is 205 Å². The Balaban J connectivity index is 1.33. The van der Waals surface area contributed by atoms with Crippen LogP contribution in [0.15, 0.2) is 64.3 Å². The van der Waals surface area contributed by atoms with Gasteiger partial charge in [-0.05, 0) is 56.0 Å². The van der Waals surface area contributed by atoms with Crippen molar-refractivity contribution in [2.24, 2.45) is 0 Å². The first-order valence-corrected chi connectivity index (χ1v) is 13.4. The average molecular weight is 495 g/mol. The van der Waals surface area contributed by atoms with E-state index in [2.05, 4.69) is 20.0 Å². The monoisotopic (exact) mass is 494 g/mol. The Morgan fingerprint density at radius 1 is 1.06 bits per heavy atom. The summed E-state index contributed by atoms with van der Waals surface area (Å²) in [4.78, 5) is 31.5. The van der Waals surface area contributed by atoms with Gasteiger partial charge in [0.05, 0.1) is 4.90 Å². The van der Waals surface area contributed by atoms with Crippen LogP contribution in [0.25, 0.3) is 11.4 Å². The van der Waals surface area contributed by atoms with Crippen LogP contribution >= 0.6 is 0 Å². The summed E-state index contributed by atoms with van der Waals surface area (Å²) in [6, 6.07) is 15.3. The molecule has 1 saturated carbocycles. The molecular weight excluding hydrogens is 464 g/mol. The molecule has 8 nitrogen and oxygen atoms in total. The van der Waals surface area contributed by atoms with Crippen LogP contribution in [0, 0.1) is 6.92 Å². The summed E-state index contributed by atoms with van der Waals surface area (Å²) in [6.45, 7) is 1.75. The molecular formula is C26H30N4O4S. The van der Waals surface area contributed by atoms with Crippen molar-refractivity contribution in [1.29, 1.82) is 0 Å². The summed E-state index contributed by atoms with van der Waals surface area (Å²) in [5, 5.41) is 2.87. The number of hydrogen-bond donors (Lipinski definition) is 3. The van der Waals surface area contributed by atoms with E-state index in [0.29, 0.717) is 29.2 Å². The highest BCUT2D eigenvalue weighted by atomic mass is 32.2. The molecule has 0 atom stereocenters. The Bertz CT molecular complexity index is 1340. The molecule has 9 heteroatoms. The first-order chi connectivity index (χ1) is 16.8. The number of hydrogen-bond acceptors (Lipinski definition) is 5. The number of aromatic amines is 1. The van der Waals surface area contributed by atoms with Gasteiger partial charge in [0.15, 0.2) is 0 Å². The summed E-state index contributed by atoms with van der Waals surface area (Å²) in [7, 11) is -3.54. The quantitative estimate of drug-likeness (QED) is 0.438. The van der Waals surface area contributed by atoms with Crippen LogP contribution < -0.4 is 15.6 Å². The first kappa shape index (κ1) is 24.8. The molecule has 1 aromatic heterocycles. The molecule has 3 N–H and O–H groups in total. The van der Waals surface area contributed by atoms with Gasteiger partial charge in [0, 0.05) is 35.5 Å². The summed E-state index contributed by atoms with van der Waals surface area (Å²) >= 11 is 0. The van der Waals surface area contributed by atoms with Crippen molar-refractivity contribution in [2.45, 2.75) is 62.8 Å². The van der Waals surface area contributed by atoms with Crippen LogP contribution in [0.4, 0.5) is 5.69 Å². The maximum absolute atomic E-state index is 12.6. The maximum atomic E-state index is 12.6. The third-order valence-corrected chi connectivity index (χ3v) is 7.63. The highest BCUT2D eigenvalue weighted by Gasteiger charge is 2.21. The lowest BCUT2D eigenvalue weighted by molar-refractivity contribution is -0.116. The van der Waals surface area contributed by atoms with Crippen molar-refractivity contribution in [3.63, 3.8) is 0 Å². The van der Waals surface area contributed by atoms with Gasteiger partial charge in [-0.15, -0.1) is 0 Å². The number of H-pyrrole nitrogens is 1. The number of aromatic nitrogens is 2. The molecule has 0 radical (unpaired) electrons. The predicted octanol–water partition coefficient (Wildman–Crippen LogP) is 3.93. The number of nitrogens with zero attached hydrogens (tertiary/aromatic N) is 1. The van der Waals surface area contributed by atoms with E-state index in [4.69, 9.17) is 0 Å². The Hall–Kier alpha value is -3.30. The fraction of sp³-hybridized carbons (Fsp3) is 0.346. The molecule has 0 saturated heterocycles. The Kier molecular flexibility index (Phi) is 7.77. The fourth-order valence-electron chi connectivity index (χ4n) is 4.28. The topological polar surface area (TPSA) is 121 Å². The number of rotatable bonds is 8. The molecule has 0 spiro atoms.